The number of fused-ring (bicyclic) bond motifs is 2. The molecule has 34 heavy (non-hydrogen) atoms. The van der Waals surface area contributed by atoms with Crippen LogP contribution in [0.2, 0.25) is 0 Å². The van der Waals surface area contributed by atoms with Gasteiger partial charge in [0, 0.05) is 24.4 Å². The van der Waals surface area contributed by atoms with E-state index in [1.165, 1.54) is 23.0 Å². The summed E-state index contributed by atoms with van der Waals surface area (Å²) in [5, 5.41) is 13.2. The summed E-state index contributed by atoms with van der Waals surface area (Å²) in [5.41, 5.74) is -1.59. The maximum absolute atomic E-state index is 13.1. The number of hydrogen-bond acceptors (Lipinski definition) is 5. The van der Waals surface area contributed by atoms with Crippen LogP contribution in [0.25, 0.3) is 16.4 Å². The summed E-state index contributed by atoms with van der Waals surface area (Å²) in [4.78, 5) is 25.2. The Labute approximate surface area is 185 Å². The van der Waals surface area contributed by atoms with Gasteiger partial charge in [-0.15, -0.1) is 10.2 Å². The first-order valence-corrected chi connectivity index (χ1v) is 9.68. The molecule has 0 saturated carbocycles. The number of amides is 1. The highest BCUT2D eigenvalue weighted by atomic mass is 19.4. The van der Waals surface area contributed by atoms with E-state index in [1.807, 2.05) is 0 Å². The molecule has 0 fully saturated rings. The first-order chi connectivity index (χ1) is 15.9. The van der Waals surface area contributed by atoms with Crippen LogP contribution in [0.4, 0.5) is 32.0 Å². The van der Waals surface area contributed by atoms with Crippen molar-refractivity contribution in [1.29, 1.82) is 0 Å². The lowest BCUT2D eigenvalue weighted by molar-refractivity contribution is -0.137. The molecule has 4 aromatic rings. The zero-order valence-electron chi connectivity index (χ0n) is 17.0. The fourth-order valence-corrected chi connectivity index (χ4v) is 3.32. The molecule has 0 spiro atoms. The lowest BCUT2D eigenvalue weighted by atomic mass is 10.0. The number of aromatic nitrogens is 5. The molecule has 0 bridgehead atoms. The largest absolute Gasteiger partial charge is 0.416 e. The standard InChI is InChI=1S/C20H14F6N6O2/c21-19(22,23)6-5-15-14-7-11(20(24,25)26)1-3-13(14)18(34)32(30-15)9-17(33)28-12-2-4-16-29-27-10-31(16)8-12/h1-4,7-8,10H,5-6,9H2,(H,28,33). The quantitative estimate of drug-likeness (QED) is 0.437. The van der Waals surface area contributed by atoms with Crippen molar-refractivity contribution in [2.75, 3.05) is 5.32 Å². The molecule has 178 valence electrons. The maximum Gasteiger partial charge on any atom is 0.416 e. The molecule has 0 saturated heterocycles. The van der Waals surface area contributed by atoms with Crippen LogP contribution < -0.4 is 10.9 Å². The molecule has 1 N–H and O–H groups in total. The molecule has 0 aliphatic rings. The van der Waals surface area contributed by atoms with E-state index in [4.69, 9.17) is 0 Å². The second-order valence-corrected chi connectivity index (χ2v) is 7.35. The molecule has 4 rings (SSSR count). The lowest BCUT2D eigenvalue weighted by Gasteiger charge is -2.14. The molecule has 0 unspecified atom stereocenters. The van der Waals surface area contributed by atoms with Crippen LogP contribution >= 0.6 is 0 Å². The highest BCUT2D eigenvalue weighted by Gasteiger charge is 2.32. The van der Waals surface area contributed by atoms with Gasteiger partial charge in [0.1, 0.15) is 12.9 Å². The smallest absolute Gasteiger partial charge is 0.323 e. The average Bonchev–Trinajstić information content (AvgIpc) is 3.21. The Morgan fingerprint density at radius 2 is 1.79 bits per heavy atom. The van der Waals surface area contributed by atoms with Gasteiger partial charge in [-0.25, -0.2) is 4.68 Å². The third-order valence-corrected chi connectivity index (χ3v) is 4.88. The number of pyridine rings is 1. The number of rotatable bonds is 5. The zero-order chi connectivity index (χ0) is 24.7. The van der Waals surface area contributed by atoms with Crippen molar-refractivity contribution in [3.8, 4) is 0 Å². The van der Waals surface area contributed by atoms with Crippen molar-refractivity contribution in [3.05, 3.63) is 64.5 Å². The first-order valence-electron chi connectivity index (χ1n) is 9.68. The van der Waals surface area contributed by atoms with Gasteiger partial charge < -0.3 is 5.32 Å². The van der Waals surface area contributed by atoms with Crippen LogP contribution in [0.3, 0.4) is 0 Å². The van der Waals surface area contributed by atoms with E-state index in [0.29, 0.717) is 28.1 Å². The summed E-state index contributed by atoms with van der Waals surface area (Å²) in [6.45, 7) is -0.672. The minimum atomic E-state index is -4.77. The van der Waals surface area contributed by atoms with Gasteiger partial charge in [-0.2, -0.15) is 31.4 Å². The third kappa shape index (κ3) is 5.00. The zero-order valence-corrected chi connectivity index (χ0v) is 17.0. The van der Waals surface area contributed by atoms with Crippen LogP contribution in [-0.4, -0.2) is 36.5 Å². The molecule has 1 amide bonds. The fraction of sp³-hybridized carbons (Fsp3) is 0.250. The summed E-state index contributed by atoms with van der Waals surface area (Å²) >= 11 is 0. The van der Waals surface area contributed by atoms with Crippen molar-refractivity contribution >= 4 is 28.0 Å². The number of hydrogen-bond donors (Lipinski definition) is 1. The predicted octanol–water partition coefficient (Wildman–Crippen LogP) is 3.59. The van der Waals surface area contributed by atoms with E-state index < -0.39 is 48.8 Å². The molecule has 3 aromatic heterocycles. The molecule has 3 heterocycles. The van der Waals surface area contributed by atoms with E-state index in [9.17, 15) is 35.9 Å². The highest BCUT2D eigenvalue weighted by Crippen LogP contribution is 2.32. The van der Waals surface area contributed by atoms with Gasteiger partial charge in [0.25, 0.3) is 5.56 Å². The number of alkyl halides is 6. The van der Waals surface area contributed by atoms with Gasteiger partial charge in [-0.1, -0.05) is 0 Å². The number of anilines is 1. The Hall–Kier alpha value is -3.97. The molecule has 0 atom stereocenters. The van der Waals surface area contributed by atoms with Crippen molar-refractivity contribution in [2.45, 2.75) is 31.7 Å². The molecule has 8 nitrogen and oxygen atoms in total. The SMILES string of the molecule is O=C(Cn1nc(CCC(F)(F)F)c2cc(C(F)(F)F)ccc2c1=O)Nc1ccc2nncn2c1. The van der Waals surface area contributed by atoms with E-state index in [0.717, 1.165) is 6.07 Å². The first kappa shape index (κ1) is 23.2. The van der Waals surface area contributed by atoms with Crippen molar-refractivity contribution in [3.63, 3.8) is 0 Å². The summed E-state index contributed by atoms with van der Waals surface area (Å²) in [6.07, 6.45) is -8.62. The summed E-state index contributed by atoms with van der Waals surface area (Å²) in [5.74, 6) is -0.727. The lowest BCUT2D eigenvalue weighted by Crippen LogP contribution is -2.31. The normalized spacial score (nSPS) is 12.4. The second-order valence-electron chi connectivity index (χ2n) is 7.35. The Morgan fingerprint density at radius 1 is 1.03 bits per heavy atom. The molecule has 1 aromatic carbocycles. The Morgan fingerprint density at radius 3 is 2.50 bits per heavy atom. The number of carbonyl (C=O) groups excluding carboxylic acids is 1. The van der Waals surface area contributed by atoms with Gasteiger partial charge >= 0.3 is 12.4 Å². The minimum Gasteiger partial charge on any atom is -0.323 e. The number of benzene rings is 1. The van der Waals surface area contributed by atoms with Gasteiger partial charge in [0.2, 0.25) is 5.91 Å². The Kier molecular flexibility index (Phi) is 5.75. The molecular formula is C20H14F6N6O2. The van der Waals surface area contributed by atoms with Gasteiger partial charge in [0.05, 0.1) is 22.3 Å². The number of nitrogens with zero attached hydrogens (tertiary/aromatic N) is 5. The van der Waals surface area contributed by atoms with Crippen molar-refractivity contribution in [1.82, 2.24) is 24.4 Å². The van der Waals surface area contributed by atoms with Crippen LogP contribution in [0.15, 0.2) is 47.7 Å². The van der Waals surface area contributed by atoms with Gasteiger partial charge in [-0.05, 0) is 30.3 Å². The second kappa shape index (κ2) is 8.43. The molecule has 0 aliphatic heterocycles. The summed E-state index contributed by atoms with van der Waals surface area (Å²) in [6, 6.07) is 5.19. The molecular weight excluding hydrogens is 470 g/mol. The van der Waals surface area contributed by atoms with Crippen LogP contribution in [0.5, 0.6) is 0 Å². The van der Waals surface area contributed by atoms with E-state index in [1.54, 1.807) is 6.07 Å². The number of carbonyl (C=O) groups is 1. The van der Waals surface area contributed by atoms with Crippen molar-refractivity contribution in [2.24, 2.45) is 0 Å². The van der Waals surface area contributed by atoms with E-state index in [-0.39, 0.29) is 16.5 Å². The monoisotopic (exact) mass is 484 g/mol. The average molecular weight is 484 g/mol. The number of halogens is 6. The van der Waals surface area contributed by atoms with Crippen LogP contribution in [-0.2, 0) is 23.9 Å². The third-order valence-electron chi connectivity index (χ3n) is 4.88. The van der Waals surface area contributed by atoms with Crippen molar-refractivity contribution < 1.29 is 31.1 Å². The molecule has 0 radical (unpaired) electrons. The Balaban J connectivity index is 1.68. The van der Waals surface area contributed by atoms with E-state index in [2.05, 4.69) is 20.6 Å². The van der Waals surface area contributed by atoms with E-state index >= 15 is 0 Å². The number of aryl methyl sites for hydroxylation is 1. The van der Waals surface area contributed by atoms with Gasteiger partial charge in [0.15, 0.2) is 5.65 Å². The summed E-state index contributed by atoms with van der Waals surface area (Å²) in [7, 11) is 0. The summed E-state index contributed by atoms with van der Waals surface area (Å²) < 4.78 is 79.8. The highest BCUT2D eigenvalue weighted by molar-refractivity contribution is 5.91. The number of nitrogens with one attached hydrogen (secondary N) is 1. The molecule has 0 aliphatic carbocycles. The molecule has 14 heteroatoms. The topological polar surface area (TPSA) is 94.2 Å². The maximum atomic E-state index is 13.1. The van der Waals surface area contributed by atoms with Gasteiger partial charge in [-0.3, -0.25) is 14.0 Å². The predicted molar refractivity (Wildman–Crippen MR) is 107 cm³/mol. The van der Waals surface area contributed by atoms with Crippen LogP contribution in [0.1, 0.15) is 17.7 Å². The minimum absolute atomic E-state index is 0.279. The van der Waals surface area contributed by atoms with Crippen LogP contribution in [0, 0.1) is 0 Å². The fourth-order valence-electron chi connectivity index (χ4n) is 3.32. The Bertz CT molecular complexity index is 1440.